The zero-order valence-electron chi connectivity index (χ0n) is 30.8. The van der Waals surface area contributed by atoms with Crippen LogP contribution in [0.25, 0.3) is 0 Å². The highest BCUT2D eigenvalue weighted by Gasteiger charge is 2.41. The van der Waals surface area contributed by atoms with Gasteiger partial charge in [0.25, 0.3) is 0 Å². The molecule has 3 unspecified atom stereocenters. The topological polar surface area (TPSA) is 133 Å². The molecule has 3 aromatic carbocycles. The Morgan fingerprint density at radius 3 is 2.21 bits per heavy atom. The highest BCUT2D eigenvalue weighted by Crippen LogP contribution is 2.45. The van der Waals surface area contributed by atoms with Crippen LogP contribution in [0, 0.1) is 5.92 Å². The van der Waals surface area contributed by atoms with Gasteiger partial charge in [-0.15, -0.1) is 0 Å². The van der Waals surface area contributed by atoms with Gasteiger partial charge in [-0.3, -0.25) is 4.79 Å². The molecule has 282 valence electrons. The summed E-state index contributed by atoms with van der Waals surface area (Å²) in [6, 6.07) is 15.4. The number of piperidine rings is 1. The van der Waals surface area contributed by atoms with Crippen molar-refractivity contribution in [2.45, 2.75) is 82.3 Å². The van der Waals surface area contributed by atoms with Gasteiger partial charge >= 0.3 is 5.97 Å². The Morgan fingerprint density at radius 1 is 0.788 bits per heavy atom. The Kier molecular flexibility index (Phi) is 13.9. The maximum atomic E-state index is 14.9. The van der Waals surface area contributed by atoms with E-state index < -0.39 is 24.0 Å². The number of aliphatic hydroxyl groups excluding tert-OH is 1. The lowest BCUT2D eigenvalue weighted by atomic mass is 9.75. The molecule has 0 spiro atoms. The molecule has 1 aliphatic heterocycles. The molecule has 5 rings (SSSR count). The van der Waals surface area contributed by atoms with Gasteiger partial charge in [0.05, 0.1) is 41.0 Å². The maximum absolute atomic E-state index is 14.9. The Labute approximate surface area is 306 Å². The monoisotopic (exact) mass is 719 g/mol. The summed E-state index contributed by atoms with van der Waals surface area (Å²) in [5.41, 5.74) is 2.37. The Bertz CT molecular complexity index is 1640. The number of hydrogen-bond acceptors (Lipinski definition) is 10. The lowest BCUT2D eigenvalue weighted by Crippen LogP contribution is -2.51. The lowest BCUT2D eigenvalue weighted by molar-refractivity contribution is -0.163. The fourth-order valence-electron chi connectivity index (χ4n) is 7.67. The van der Waals surface area contributed by atoms with Crippen molar-refractivity contribution < 1.29 is 48.2 Å². The molecule has 3 aromatic rings. The Balaban J connectivity index is 1.44. The summed E-state index contributed by atoms with van der Waals surface area (Å²) in [7, 11) is 6.24. The van der Waals surface area contributed by atoms with Crippen LogP contribution in [0.15, 0.2) is 54.6 Å². The minimum Gasteiger partial charge on any atom is -0.508 e. The van der Waals surface area contributed by atoms with E-state index in [9.17, 15) is 19.8 Å². The normalized spacial score (nSPS) is 17.5. The number of hydrogen-bond donors (Lipinski definition) is 2. The highest BCUT2D eigenvalue weighted by molar-refractivity contribution is 5.89. The average Bonchev–Trinajstić information content (AvgIpc) is 3.18. The third kappa shape index (κ3) is 9.23. The second-order valence-electron chi connectivity index (χ2n) is 13.5. The first-order valence-corrected chi connectivity index (χ1v) is 18.3. The number of amides is 1. The van der Waals surface area contributed by atoms with Gasteiger partial charge in [-0.05, 0) is 104 Å². The van der Waals surface area contributed by atoms with Crippen LogP contribution < -0.4 is 23.7 Å². The van der Waals surface area contributed by atoms with E-state index >= 15 is 0 Å². The van der Waals surface area contributed by atoms with E-state index in [1.165, 1.54) is 7.11 Å². The van der Waals surface area contributed by atoms with Gasteiger partial charge in [0.15, 0.2) is 23.0 Å². The average molecular weight is 720 g/mol. The summed E-state index contributed by atoms with van der Waals surface area (Å²) in [6.07, 6.45) is 7.32. The van der Waals surface area contributed by atoms with Gasteiger partial charge in [0, 0.05) is 6.54 Å². The quantitative estimate of drug-likeness (QED) is 0.153. The van der Waals surface area contributed by atoms with Crippen molar-refractivity contribution in [1.29, 1.82) is 0 Å². The molecule has 2 N–H and O–H groups in total. The van der Waals surface area contributed by atoms with Crippen LogP contribution in [0.4, 0.5) is 0 Å². The number of nitrogens with zero attached hydrogens (tertiary/aromatic N) is 1. The molecule has 52 heavy (non-hydrogen) atoms. The van der Waals surface area contributed by atoms with Crippen LogP contribution >= 0.6 is 0 Å². The first-order chi connectivity index (χ1) is 25.3. The first-order valence-electron chi connectivity index (χ1n) is 18.3. The standard InChI is InChI=1S/C41H53NO10/c1-47-34-19-17-27(23-35(34)48-2)16-18-33(29-13-10-14-31(44)24-29)52-41(46)32-15-8-9-20-42(32)40(45)38(28-11-6-5-7-12-28)30-25-36(49-3)39(50-4)37(26-30)51-22-21-43/h10,13-14,17,19,23-26,28,32-33,38,43-44H,5-9,11-12,15-16,18,20-22H2,1-4H3. The molecule has 3 atom stereocenters. The van der Waals surface area contributed by atoms with Crippen molar-refractivity contribution in [3.05, 3.63) is 71.3 Å². The zero-order chi connectivity index (χ0) is 37.0. The van der Waals surface area contributed by atoms with E-state index in [2.05, 4.69) is 0 Å². The molecular weight excluding hydrogens is 666 g/mol. The number of likely N-dealkylation sites (tertiary alicyclic amines) is 1. The number of ether oxygens (including phenoxy) is 6. The summed E-state index contributed by atoms with van der Waals surface area (Å²) in [5.74, 6) is 1.45. The smallest absolute Gasteiger partial charge is 0.329 e. The number of carbonyl (C=O) groups excluding carboxylic acids is 2. The molecule has 2 fully saturated rings. The van der Waals surface area contributed by atoms with Crippen molar-refractivity contribution >= 4 is 11.9 Å². The number of benzene rings is 3. The van der Waals surface area contributed by atoms with Crippen LogP contribution in [0.3, 0.4) is 0 Å². The molecule has 11 nitrogen and oxygen atoms in total. The molecule has 11 heteroatoms. The Hall–Kier alpha value is -4.64. The SMILES string of the molecule is COc1ccc(CCC(OC(=O)C2CCCCN2C(=O)C(c2cc(OC)c(OC)c(OCCO)c2)C2CCCCC2)c2cccc(O)c2)cc1OC. The number of esters is 1. The largest absolute Gasteiger partial charge is 0.508 e. The third-order valence-corrected chi connectivity index (χ3v) is 10.3. The summed E-state index contributed by atoms with van der Waals surface area (Å²) >= 11 is 0. The second-order valence-corrected chi connectivity index (χ2v) is 13.5. The Morgan fingerprint density at radius 2 is 1.52 bits per heavy atom. The molecule has 1 amide bonds. The third-order valence-electron chi connectivity index (χ3n) is 10.3. The molecule has 0 radical (unpaired) electrons. The zero-order valence-corrected chi connectivity index (χ0v) is 30.8. The van der Waals surface area contributed by atoms with E-state index in [1.807, 2.05) is 36.4 Å². The number of phenols is 1. The molecule has 1 saturated heterocycles. The molecule has 2 aliphatic rings. The maximum Gasteiger partial charge on any atom is 0.329 e. The van der Waals surface area contributed by atoms with E-state index in [-0.39, 0.29) is 30.8 Å². The first kappa shape index (κ1) is 38.6. The van der Waals surface area contributed by atoms with Crippen molar-refractivity contribution in [2.75, 3.05) is 48.2 Å². The minimum atomic E-state index is -0.765. The number of rotatable bonds is 16. The number of phenolic OH excluding ortho intramolecular Hbond substituents is 1. The summed E-state index contributed by atoms with van der Waals surface area (Å²) in [6.45, 7) is 0.305. The van der Waals surface area contributed by atoms with Gasteiger partial charge in [-0.2, -0.15) is 0 Å². The second kappa shape index (κ2) is 18.7. The van der Waals surface area contributed by atoms with E-state index in [4.69, 9.17) is 28.4 Å². The number of methoxy groups -OCH3 is 4. The van der Waals surface area contributed by atoms with Gasteiger partial charge in [0.2, 0.25) is 11.7 Å². The van der Waals surface area contributed by atoms with Crippen LogP contribution in [0.1, 0.15) is 86.5 Å². The molecule has 1 saturated carbocycles. The molecule has 1 aliphatic carbocycles. The van der Waals surface area contributed by atoms with Gasteiger partial charge < -0.3 is 43.5 Å². The molecule has 1 heterocycles. The van der Waals surface area contributed by atoms with Crippen LogP contribution in [0.5, 0.6) is 34.5 Å². The van der Waals surface area contributed by atoms with Crippen LogP contribution in [-0.4, -0.2) is 81.2 Å². The summed E-state index contributed by atoms with van der Waals surface area (Å²) < 4.78 is 34.4. The van der Waals surface area contributed by atoms with Crippen LogP contribution in [-0.2, 0) is 20.7 Å². The number of carbonyl (C=O) groups is 2. The molecule has 0 bridgehead atoms. The highest BCUT2D eigenvalue weighted by atomic mass is 16.5. The van der Waals surface area contributed by atoms with E-state index in [0.717, 1.165) is 56.1 Å². The van der Waals surface area contributed by atoms with Gasteiger partial charge in [-0.1, -0.05) is 37.5 Å². The van der Waals surface area contributed by atoms with Gasteiger partial charge in [-0.25, -0.2) is 4.79 Å². The predicted octanol–water partition coefficient (Wildman–Crippen LogP) is 6.76. The molecule has 0 aromatic heterocycles. The van der Waals surface area contributed by atoms with Crippen molar-refractivity contribution in [1.82, 2.24) is 4.90 Å². The predicted molar refractivity (Wildman–Crippen MR) is 196 cm³/mol. The van der Waals surface area contributed by atoms with Crippen molar-refractivity contribution in [3.63, 3.8) is 0 Å². The minimum absolute atomic E-state index is 0.0530. The fraction of sp³-hybridized carbons (Fsp3) is 0.512. The fourth-order valence-corrected chi connectivity index (χ4v) is 7.67. The summed E-state index contributed by atoms with van der Waals surface area (Å²) in [5, 5.41) is 19.8. The number of aromatic hydroxyl groups is 1. The van der Waals surface area contributed by atoms with E-state index in [1.54, 1.807) is 44.4 Å². The molecular formula is C41H53NO10. The van der Waals surface area contributed by atoms with Crippen molar-refractivity contribution in [2.24, 2.45) is 5.92 Å². The number of aryl methyl sites for hydroxylation is 1. The van der Waals surface area contributed by atoms with Gasteiger partial charge in [0.1, 0.15) is 24.5 Å². The summed E-state index contributed by atoms with van der Waals surface area (Å²) in [4.78, 5) is 30.9. The van der Waals surface area contributed by atoms with E-state index in [0.29, 0.717) is 60.1 Å². The van der Waals surface area contributed by atoms with Crippen molar-refractivity contribution in [3.8, 4) is 34.5 Å². The van der Waals surface area contributed by atoms with Crippen LogP contribution in [0.2, 0.25) is 0 Å². The lowest BCUT2D eigenvalue weighted by Gasteiger charge is -2.40. The number of aliphatic hydroxyl groups is 1.